The van der Waals surface area contributed by atoms with E-state index >= 15 is 0 Å². The van der Waals surface area contributed by atoms with Crippen LogP contribution in [-0.4, -0.2) is 40.6 Å². The Morgan fingerprint density at radius 2 is 1.96 bits per heavy atom. The lowest BCUT2D eigenvalue weighted by atomic mass is 10.1. The highest BCUT2D eigenvalue weighted by Crippen LogP contribution is 2.20. The van der Waals surface area contributed by atoms with E-state index in [9.17, 15) is 0 Å². The maximum atomic E-state index is 9.11. The number of nitrogens with zero attached hydrogens (tertiary/aromatic N) is 3. The SMILES string of the molecule is COc1ccc(CN(C)Cc2c(C)nn(CCO)c2C)cc1C. The average molecular weight is 317 g/mol. The third-order valence-corrected chi connectivity index (χ3v) is 4.18. The summed E-state index contributed by atoms with van der Waals surface area (Å²) in [5.74, 6) is 0.924. The van der Waals surface area contributed by atoms with Crippen molar-refractivity contribution < 1.29 is 9.84 Å². The number of aliphatic hydroxyl groups excluding tert-OH is 1. The lowest BCUT2D eigenvalue weighted by Gasteiger charge is -2.18. The zero-order valence-electron chi connectivity index (χ0n) is 14.8. The van der Waals surface area contributed by atoms with Gasteiger partial charge in [-0.25, -0.2) is 0 Å². The van der Waals surface area contributed by atoms with Crippen molar-refractivity contribution in [3.63, 3.8) is 0 Å². The van der Waals surface area contributed by atoms with Crippen molar-refractivity contribution >= 4 is 0 Å². The van der Waals surface area contributed by atoms with Crippen molar-refractivity contribution in [2.45, 2.75) is 40.4 Å². The minimum absolute atomic E-state index is 0.113. The first-order valence-electron chi connectivity index (χ1n) is 7.92. The molecule has 23 heavy (non-hydrogen) atoms. The smallest absolute Gasteiger partial charge is 0.121 e. The molecule has 0 saturated heterocycles. The first kappa shape index (κ1) is 17.5. The van der Waals surface area contributed by atoms with Gasteiger partial charge in [0, 0.05) is 24.3 Å². The normalized spacial score (nSPS) is 11.3. The van der Waals surface area contributed by atoms with E-state index in [1.54, 1.807) is 7.11 Å². The van der Waals surface area contributed by atoms with E-state index in [4.69, 9.17) is 9.84 Å². The van der Waals surface area contributed by atoms with Gasteiger partial charge >= 0.3 is 0 Å². The van der Waals surface area contributed by atoms with Crippen molar-refractivity contribution in [3.05, 3.63) is 46.3 Å². The largest absolute Gasteiger partial charge is 0.496 e. The predicted molar refractivity (Wildman–Crippen MR) is 91.7 cm³/mol. The van der Waals surface area contributed by atoms with Crippen molar-refractivity contribution in [1.82, 2.24) is 14.7 Å². The molecule has 0 unspecified atom stereocenters. The monoisotopic (exact) mass is 317 g/mol. The molecule has 0 spiro atoms. The number of aliphatic hydroxyl groups is 1. The molecule has 2 aromatic rings. The summed E-state index contributed by atoms with van der Waals surface area (Å²) in [4.78, 5) is 2.28. The highest BCUT2D eigenvalue weighted by atomic mass is 16.5. The van der Waals surface area contributed by atoms with Crippen LogP contribution in [0.2, 0.25) is 0 Å². The molecule has 0 fully saturated rings. The van der Waals surface area contributed by atoms with Gasteiger partial charge in [0.2, 0.25) is 0 Å². The lowest BCUT2D eigenvalue weighted by Crippen LogP contribution is -2.18. The van der Waals surface area contributed by atoms with Gasteiger partial charge < -0.3 is 9.84 Å². The Morgan fingerprint density at radius 1 is 1.22 bits per heavy atom. The van der Waals surface area contributed by atoms with Crippen molar-refractivity contribution in [2.24, 2.45) is 0 Å². The zero-order chi connectivity index (χ0) is 17.0. The number of methoxy groups -OCH3 is 1. The van der Waals surface area contributed by atoms with Gasteiger partial charge in [-0.2, -0.15) is 5.10 Å². The van der Waals surface area contributed by atoms with Crippen molar-refractivity contribution in [1.29, 1.82) is 0 Å². The average Bonchev–Trinajstić information content (AvgIpc) is 2.75. The Hall–Kier alpha value is -1.85. The molecule has 1 aromatic carbocycles. The molecular weight excluding hydrogens is 290 g/mol. The second kappa shape index (κ2) is 7.62. The summed E-state index contributed by atoms with van der Waals surface area (Å²) < 4.78 is 7.20. The predicted octanol–water partition coefficient (Wildman–Crippen LogP) is 2.44. The molecule has 1 heterocycles. The van der Waals surface area contributed by atoms with Crippen LogP contribution in [0.5, 0.6) is 5.75 Å². The zero-order valence-corrected chi connectivity index (χ0v) is 14.8. The minimum atomic E-state index is 0.113. The van der Waals surface area contributed by atoms with Gasteiger partial charge in [-0.1, -0.05) is 12.1 Å². The molecule has 0 aliphatic heterocycles. The molecule has 5 nitrogen and oxygen atoms in total. The number of hydrogen-bond acceptors (Lipinski definition) is 4. The van der Waals surface area contributed by atoms with Crippen LogP contribution in [-0.2, 0) is 19.6 Å². The molecule has 0 aliphatic carbocycles. The van der Waals surface area contributed by atoms with Crippen LogP contribution in [0.4, 0.5) is 0 Å². The van der Waals surface area contributed by atoms with E-state index in [2.05, 4.69) is 43.0 Å². The van der Waals surface area contributed by atoms with Gasteiger partial charge in [0.25, 0.3) is 0 Å². The highest BCUT2D eigenvalue weighted by molar-refractivity contribution is 5.36. The summed E-state index contributed by atoms with van der Waals surface area (Å²) in [6.45, 7) is 8.53. The third kappa shape index (κ3) is 4.12. The molecule has 0 atom stereocenters. The fourth-order valence-corrected chi connectivity index (χ4v) is 2.95. The van der Waals surface area contributed by atoms with E-state index in [1.807, 2.05) is 17.7 Å². The molecule has 1 aromatic heterocycles. The highest BCUT2D eigenvalue weighted by Gasteiger charge is 2.13. The lowest BCUT2D eigenvalue weighted by molar-refractivity contribution is 0.267. The fraction of sp³-hybridized carbons (Fsp3) is 0.500. The molecule has 5 heteroatoms. The Bertz CT molecular complexity index is 665. The van der Waals surface area contributed by atoms with Crippen LogP contribution in [0.15, 0.2) is 18.2 Å². The van der Waals surface area contributed by atoms with Gasteiger partial charge in [-0.3, -0.25) is 9.58 Å². The van der Waals surface area contributed by atoms with Crippen LogP contribution in [0.1, 0.15) is 28.1 Å². The first-order chi connectivity index (χ1) is 11.0. The molecule has 0 radical (unpaired) electrons. The third-order valence-electron chi connectivity index (χ3n) is 4.18. The number of hydrogen-bond donors (Lipinski definition) is 1. The topological polar surface area (TPSA) is 50.5 Å². The summed E-state index contributed by atoms with van der Waals surface area (Å²) >= 11 is 0. The number of benzene rings is 1. The van der Waals surface area contributed by atoms with E-state index in [1.165, 1.54) is 11.1 Å². The molecule has 0 bridgehead atoms. The molecule has 126 valence electrons. The Kier molecular flexibility index (Phi) is 5.80. The van der Waals surface area contributed by atoms with E-state index < -0.39 is 0 Å². The van der Waals surface area contributed by atoms with Crippen LogP contribution >= 0.6 is 0 Å². The maximum Gasteiger partial charge on any atom is 0.121 e. The van der Waals surface area contributed by atoms with Gasteiger partial charge in [0.15, 0.2) is 0 Å². The first-order valence-corrected chi connectivity index (χ1v) is 7.92. The van der Waals surface area contributed by atoms with Crippen LogP contribution in [0.25, 0.3) is 0 Å². The fourth-order valence-electron chi connectivity index (χ4n) is 2.95. The summed E-state index contributed by atoms with van der Waals surface area (Å²) in [6.07, 6.45) is 0. The minimum Gasteiger partial charge on any atom is -0.496 e. The second-order valence-electron chi connectivity index (χ2n) is 6.07. The van der Waals surface area contributed by atoms with E-state index in [0.717, 1.165) is 35.8 Å². The Labute approximate surface area is 138 Å². The van der Waals surface area contributed by atoms with Crippen molar-refractivity contribution in [3.8, 4) is 5.75 Å². The number of rotatable bonds is 7. The second-order valence-corrected chi connectivity index (χ2v) is 6.07. The molecule has 0 amide bonds. The van der Waals surface area contributed by atoms with Gasteiger partial charge in [0.1, 0.15) is 5.75 Å². The Morgan fingerprint density at radius 3 is 2.57 bits per heavy atom. The van der Waals surface area contributed by atoms with E-state index in [0.29, 0.717) is 6.54 Å². The van der Waals surface area contributed by atoms with Crippen LogP contribution in [0, 0.1) is 20.8 Å². The van der Waals surface area contributed by atoms with Gasteiger partial charge in [0.05, 0.1) is 26.0 Å². The molecule has 1 N–H and O–H groups in total. The van der Waals surface area contributed by atoms with Crippen LogP contribution in [0.3, 0.4) is 0 Å². The summed E-state index contributed by atoms with van der Waals surface area (Å²) in [5.41, 5.74) is 5.83. The standard InChI is InChI=1S/C18H27N3O2/c1-13-10-16(6-7-18(13)23-5)11-20(4)12-17-14(2)19-21(8-9-22)15(17)3/h6-7,10,22H,8-9,11-12H2,1-5H3. The Balaban J connectivity index is 2.08. The van der Waals surface area contributed by atoms with E-state index in [-0.39, 0.29) is 6.61 Å². The number of aromatic nitrogens is 2. The maximum absolute atomic E-state index is 9.11. The number of ether oxygens (including phenoxy) is 1. The molecular formula is C18H27N3O2. The quantitative estimate of drug-likeness (QED) is 0.852. The summed E-state index contributed by atoms with van der Waals surface area (Å²) in [7, 11) is 3.81. The van der Waals surface area contributed by atoms with Gasteiger partial charge in [-0.05, 0) is 45.0 Å². The van der Waals surface area contributed by atoms with Crippen molar-refractivity contribution in [2.75, 3.05) is 20.8 Å². The summed E-state index contributed by atoms with van der Waals surface area (Å²) in [5, 5.41) is 13.6. The molecule has 0 saturated carbocycles. The van der Waals surface area contributed by atoms with Gasteiger partial charge in [-0.15, -0.1) is 0 Å². The molecule has 2 rings (SSSR count). The van der Waals surface area contributed by atoms with Crippen LogP contribution < -0.4 is 4.74 Å². The number of aryl methyl sites for hydroxylation is 2. The molecule has 0 aliphatic rings. The summed E-state index contributed by atoms with van der Waals surface area (Å²) in [6, 6.07) is 6.30.